The molecule has 0 aliphatic rings. The second-order valence-electron chi connectivity index (χ2n) is 4.59. The fraction of sp³-hybridized carbons (Fsp3) is 0.312. The van der Waals surface area contributed by atoms with Crippen molar-refractivity contribution < 1.29 is 4.74 Å². The molecule has 1 aromatic heterocycles. The Balaban J connectivity index is 1.95. The Morgan fingerprint density at radius 2 is 2.19 bits per heavy atom. The van der Waals surface area contributed by atoms with Crippen molar-refractivity contribution in [1.82, 2.24) is 9.78 Å². The van der Waals surface area contributed by atoms with Crippen LogP contribution in [0.4, 0.5) is 0 Å². The smallest absolute Gasteiger partial charge is 0.120 e. The zero-order chi connectivity index (χ0) is 15.2. The molecule has 0 saturated carbocycles. The van der Waals surface area contributed by atoms with Crippen LogP contribution in [0.5, 0.6) is 5.75 Å². The Morgan fingerprint density at radius 1 is 1.38 bits per heavy atom. The minimum atomic E-state index is 0.351. The lowest BCUT2D eigenvalue weighted by molar-refractivity contribution is 0.289. The van der Waals surface area contributed by atoms with Gasteiger partial charge in [0.2, 0.25) is 0 Å². The van der Waals surface area contributed by atoms with Gasteiger partial charge in [-0.1, -0.05) is 29.5 Å². The van der Waals surface area contributed by atoms with Crippen LogP contribution in [-0.4, -0.2) is 22.9 Å². The van der Waals surface area contributed by atoms with Gasteiger partial charge in [0.1, 0.15) is 12.4 Å². The first-order chi connectivity index (χ1) is 10.1. The van der Waals surface area contributed by atoms with E-state index in [1.165, 1.54) is 0 Å². The predicted octanol–water partition coefficient (Wildman–Crippen LogP) is 2.54. The molecule has 0 aliphatic carbocycles. The summed E-state index contributed by atoms with van der Waals surface area (Å²) in [4.78, 5) is 0. The van der Waals surface area contributed by atoms with E-state index in [0.717, 1.165) is 22.7 Å². The maximum Gasteiger partial charge on any atom is 0.120 e. The van der Waals surface area contributed by atoms with E-state index in [1.807, 2.05) is 42.8 Å². The quantitative estimate of drug-likeness (QED) is 0.883. The predicted molar refractivity (Wildman–Crippen MR) is 84.6 cm³/mol. The van der Waals surface area contributed by atoms with Crippen molar-refractivity contribution in [1.29, 1.82) is 0 Å². The molecule has 0 fully saturated rings. The van der Waals surface area contributed by atoms with E-state index in [0.29, 0.717) is 24.7 Å². The van der Waals surface area contributed by atoms with Crippen LogP contribution in [0.3, 0.4) is 0 Å². The zero-order valence-corrected chi connectivity index (χ0v) is 12.9. The number of hydrogen-bond donors (Lipinski definition) is 1. The van der Waals surface area contributed by atoms with Gasteiger partial charge in [0.25, 0.3) is 0 Å². The lowest BCUT2D eigenvalue weighted by atomic mass is 10.2. The van der Waals surface area contributed by atoms with E-state index < -0.39 is 0 Å². The van der Waals surface area contributed by atoms with E-state index in [9.17, 15) is 0 Å². The molecule has 0 bridgehead atoms. The van der Waals surface area contributed by atoms with Crippen LogP contribution in [0.2, 0.25) is 5.02 Å². The summed E-state index contributed by atoms with van der Waals surface area (Å²) >= 11 is 6.11. The third kappa shape index (κ3) is 4.01. The highest BCUT2D eigenvalue weighted by atomic mass is 35.5. The minimum Gasteiger partial charge on any atom is -0.492 e. The largest absolute Gasteiger partial charge is 0.492 e. The summed E-state index contributed by atoms with van der Waals surface area (Å²) in [6.07, 6.45) is 0. The maximum absolute atomic E-state index is 6.11. The van der Waals surface area contributed by atoms with Crippen LogP contribution in [0.1, 0.15) is 17.0 Å². The number of hydrogen-bond acceptors (Lipinski definition) is 3. The van der Waals surface area contributed by atoms with Crippen molar-refractivity contribution in [2.45, 2.75) is 20.4 Å². The SMILES string of the molecule is Cc1nn(CCOc2cccc(C#CCN)c2)c(C)c1Cl. The minimum absolute atomic E-state index is 0.351. The lowest BCUT2D eigenvalue weighted by Gasteiger charge is -2.08. The molecule has 2 N–H and O–H groups in total. The number of nitrogens with zero attached hydrogens (tertiary/aromatic N) is 2. The molecule has 0 amide bonds. The third-order valence-electron chi connectivity index (χ3n) is 3.03. The molecule has 0 unspecified atom stereocenters. The van der Waals surface area contributed by atoms with Crippen molar-refractivity contribution >= 4 is 11.6 Å². The molecular formula is C16H18ClN3O. The van der Waals surface area contributed by atoms with Crippen LogP contribution >= 0.6 is 11.6 Å². The Kier molecular flexibility index (Phi) is 5.26. The van der Waals surface area contributed by atoms with E-state index in [2.05, 4.69) is 16.9 Å². The molecule has 1 heterocycles. The molecule has 0 atom stereocenters. The van der Waals surface area contributed by atoms with Crippen molar-refractivity contribution in [3.63, 3.8) is 0 Å². The fourth-order valence-corrected chi connectivity index (χ4v) is 2.09. The molecule has 0 radical (unpaired) electrons. The monoisotopic (exact) mass is 303 g/mol. The normalized spacial score (nSPS) is 10.1. The van der Waals surface area contributed by atoms with E-state index in [1.54, 1.807) is 0 Å². The number of halogens is 1. The molecule has 2 rings (SSSR count). The van der Waals surface area contributed by atoms with E-state index in [4.69, 9.17) is 22.1 Å². The van der Waals surface area contributed by atoms with Gasteiger partial charge in [-0.25, -0.2) is 0 Å². The van der Waals surface area contributed by atoms with Crippen LogP contribution < -0.4 is 10.5 Å². The van der Waals surface area contributed by atoms with Gasteiger partial charge in [-0.05, 0) is 32.0 Å². The molecule has 0 saturated heterocycles. The summed E-state index contributed by atoms with van der Waals surface area (Å²) in [5, 5.41) is 5.08. The highest BCUT2D eigenvalue weighted by Gasteiger charge is 2.08. The molecular weight excluding hydrogens is 286 g/mol. The van der Waals surface area contributed by atoms with Gasteiger partial charge < -0.3 is 10.5 Å². The molecule has 21 heavy (non-hydrogen) atoms. The second kappa shape index (κ2) is 7.16. The molecule has 1 aromatic carbocycles. The molecule has 4 nitrogen and oxygen atoms in total. The van der Waals surface area contributed by atoms with Crippen molar-refractivity contribution in [3.05, 3.63) is 46.2 Å². The maximum atomic E-state index is 6.11. The summed E-state index contributed by atoms with van der Waals surface area (Å²) in [5.74, 6) is 6.59. The summed E-state index contributed by atoms with van der Waals surface area (Å²) in [5.41, 5.74) is 8.06. The highest BCUT2D eigenvalue weighted by Crippen LogP contribution is 2.19. The first-order valence-electron chi connectivity index (χ1n) is 6.73. The topological polar surface area (TPSA) is 53.1 Å². The lowest BCUT2D eigenvalue weighted by Crippen LogP contribution is -2.11. The molecule has 2 aromatic rings. The van der Waals surface area contributed by atoms with Crippen LogP contribution in [0.15, 0.2) is 24.3 Å². The Hall–Kier alpha value is -1.96. The Morgan fingerprint density at radius 3 is 2.86 bits per heavy atom. The average Bonchev–Trinajstić information content (AvgIpc) is 2.73. The van der Waals surface area contributed by atoms with Crippen molar-refractivity contribution in [2.75, 3.05) is 13.2 Å². The standard InChI is InChI=1S/C16H18ClN3O/c1-12-16(17)13(2)20(19-12)9-10-21-15-7-3-5-14(11-15)6-4-8-18/h3,5,7,11H,8-10,18H2,1-2H3. The van der Waals surface area contributed by atoms with Gasteiger partial charge in [-0.3, -0.25) is 4.68 Å². The zero-order valence-electron chi connectivity index (χ0n) is 12.2. The average molecular weight is 304 g/mol. The summed E-state index contributed by atoms with van der Waals surface area (Å²) < 4.78 is 7.59. The van der Waals surface area contributed by atoms with E-state index >= 15 is 0 Å². The molecule has 0 spiro atoms. The second-order valence-corrected chi connectivity index (χ2v) is 4.97. The first-order valence-corrected chi connectivity index (χ1v) is 7.11. The Labute approximate surface area is 129 Å². The third-order valence-corrected chi connectivity index (χ3v) is 3.58. The first kappa shape index (κ1) is 15.4. The number of ether oxygens (including phenoxy) is 1. The number of aryl methyl sites for hydroxylation is 1. The highest BCUT2D eigenvalue weighted by molar-refractivity contribution is 6.31. The van der Waals surface area contributed by atoms with Gasteiger partial charge in [0.15, 0.2) is 0 Å². The van der Waals surface area contributed by atoms with Gasteiger partial charge in [-0.2, -0.15) is 5.10 Å². The Bertz CT molecular complexity index is 683. The number of benzene rings is 1. The summed E-state index contributed by atoms with van der Waals surface area (Å²) in [6, 6.07) is 7.64. The van der Waals surface area contributed by atoms with E-state index in [-0.39, 0.29) is 0 Å². The summed E-state index contributed by atoms with van der Waals surface area (Å²) in [7, 11) is 0. The van der Waals surface area contributed by atoms with Crippen molar-refractivity contribution in [2.24, 2.45) is 5.73 Å². The van der Waals surface area contributed by atoms with Gasteiger partial charge in [0.05, 0.1) is 29.5 Å². The molecule has 0 aliphatic heterocycles. The van der Waals surface area contributed by atoms with Gasteiger partial charge in [-0.15, -0.1) is 0 Å². The fourth-order valence-electron chi connectivity index (χ4n) is 1.96. The molecule has 5 heteroatoms. The van der Waals surface area contributed by atoms with Crippen molar-refractivity contribution in [3.8, 4) is 17.6 Å². The van der Waals surface area contributed by atoms with Crippen LogP contribution in [0.25, 0.3) is 0 Å². The number of rotatable bonds is 4. The van der Waals surface area contributed by atoms with Gasteiger partial charge >= 0.3 is 0 Å². The summed E-state index contributed by atoms with van der Waals surface area (Å²) in [6.45, 7) is 5.37. The number of aromatic nitrogens is 2. The van der Waals surface area contributed by atoms with Crippen LogP contribution in [-0.2, 0) is 6.54 Å². The van der Waals surface area contributed by atoms with Crippen LogP contribution in [0, 0.1) is 25.7 Å². The molecule has 110 valence electrons. The number of nitrogens with two attached hydrogens (primary N) is 1. The van der Waals surface area contributed by atoms with Gasteiger partial charge in [0, 0.05) is 5.56 Å².